The van der Waals surface area contributed by atoms with Crippen molar-refractivity contribution in [2.45, 2.75) is 83.7 Å². The van der Waals surface area contributed by atoms with Crippen molar-refractivity contribution in [1.29, 1.82) is 0 Å². The molecule has 0 aromatic heterocycles. The summed E-state index contributed by atoms with van der Waals surface area (Å²) < 4.78 is 5.80. The Hall–Kier alpha value is -1.10. The van der Waals surface area contributed by atoms with Crippen LogP contribution in [0.2, 0.25) is 0 Å². The Balaban J connectivity index is 1.66. The zero-order valence-corrected chi connectivity index (χ0v) is 15.9. The molecule has 1 aliphatic carbocycles. The van der Waals surface area contributed by atoms with E-state index in [2.05, 4.69) is 12.2 Å². The lowest BCUT2D eigenvalue weighted by atomic mass is 9.97. The smallest absolute Gasteiger partial charge is 0.248 e. The van der Waals surface area contributed by atoms with Gasteiger partial charge in [-0.05, 0) is 32.1 Å². The van der Waals surface area contributed by atoms with Crippen LogP contribution in [0.1, 0.15) is 77.6 Å². The summed E-state index contributed by atoms with van der Waals surface area (Å²) in [4.78, 5) is 26.6. The van der Waals surface area contributed by atoms with Crippen molar-refractivity contribution in [3.05, 3.63) is 0 Å². The van der Waals surface area contributed by atoms with E-state index < -0.39 is 0 Å². The average molecular weight is 353 g/mol. The molecule has 0 spiro atoms. The van der Waals surface area contributed by atoms with Crippen LogP contribution in [0.3, 0.4) is 0 Å². The average Bonchev–Trinajstić information content (AvgIpc) is 2.66. The third kappa shape index (κ3) is 7.35. The molecule has 0 radical (unpaired) electrons. The summed E-state index contributed by atoms with van der Waals surface area (Å²) in [5.74, 6) is 0.103. The molecule has 0 bridgehead atoms. The van der Waals surface area contributed by atoms with Gasteiger partial charge in [-0.2, -0.15) is 0 Å². The van der Waals surface area contributed by atoms with E-state index >= 15 is 0 Å². The Morgan fingerprint density at radius 3 is 2.60 bits per heavy atom. The fraction of sp³-hybridized carbons (Fsp3) is 0.900. The number of hydrogen-bond acceptors (Lipinski definition) is 3. The highest BCUT2D eigenvalue weighted by Gasteiger charge is 2.28. The van der Waals surface area contributed by atoms with E-state index in [4.69, 9.17) is 4.74 Å². The molecule has 1 aliphatic heterocycles. The molecule has 0 aromatic carbocycles. The van der Waals surface area contributed by atoms with Crippen LogP contribution in [0.25, 0.3) is 0 Å². The normalized spacial score (nSPS) is 22.0. The lowest BCUT2D eigenvalue weighted by Gasteiger charge is -2.32. The largest absolute Gasteiger partial charge is 0.368 e. The molecule has 1 heterocycles. The Labute approximate surface area is 152 Å². The first kappa shape index (κ1) is 20.2. The molecule has 1 unspecified atom stereocenters. The van der Waals surface area contributed by atoms with E-state index in [0.29, 0.717) is 6.54 Å². The van der Waals surface area contributed by atoms with Gasteiger partial charge in [-0.15, -0.1) is 0 Å². The molecule has 2 rings (SSSR count). The minimum absolute atomic E-state index is 0.0472. The Kier molecular flexibility index (Phi) is 9.30. The molecule has 1 N–H and O–H groups in total. The SMILES string of the molecule is CCCCCCNC(=O)C1CCCN(C(=O)COC2CCCCC2)C1. The topological polar surface area (TPSA) is 58.6 Å². The Morgan fingerprint density at radius 2 is 1.84 bits per heavy atom. The van der Waals surface area contributed by atoms with Crippen molar-refractivity contribution in [2.24, 2.45) is 5.92 Å². The molecule has 2 amide bonds. The molecule has 2 aliphatic rings. The zero-order valence-electron chi connectivity index (χ0n) is 15.9. The monoisotopic (exact) mass is 352 g/mol. The molecule has 144 valence electrons. The standard InChI is InChI=1S/C20H36N2O3/c1-2-3-4-8-13-21-20(24)17-10-9-14-22(15-17)19(23)16-25-18-11-6-5-7-12-18/h17-18H,2-16H2,1H3,(H,21,24). The van der Waals surface area contributed by atoms with E-state index in [0.717, 1.165) is 45.2 Å². The van der Waals surface area contributed by atoms with E-state index in [1.54, 1.807) is 0 Å². The second-order valence-corrected chi connectivity index (χ2v) is 7.60. The van der Waals surface area contributed by atoms with Crippen molar-refractivity contribution in [1.82, 2.24) is 10.2 Å². The molecule has 2 fully saturated rings. The summed E-state index contributed by atoms with van der Waals surface area (Å²) in [6.07, 6.45) is 12.6. The van der Waals surface area contributed by atoms with Gasteiger partial charge < -0.3 is 15.0 Å². The van der Waals surface area contributed by atoms with Crippen LogP contribution in [0.4, 0.5) is 0 Å². The van der Waals surface area contributed by atoms with Crippen molar-refractivity contribution in [3.8, 4) is 0 Å². The number of nitrogens with one attached hydrogen (secondary N) is 1. The van der Waals surface area contributed by atoms with Crippen molar-refractivity contribution in [3.63, 3.8) is 0 Å². The molecule has 25 heavy (non-hydrogen) atoms. The second kappa shape index (κ2) is 11.5. The highest BCUT2D eigenvalue weighted by atomic mass is 16.5. The van der Waals surface area contributed by atoms with E-state index in [1.807, 2.05) is 4.90 Å². The highest BCUT2D eigenvalue weighted by Crippen LogP contribution is 2.21. The first-order chi connectivity index (χ1) is 12.2. The van der Waals surface area contributed by atoms with Gasteiger partial charge in [0.15, 0.2) is 0 Å². The van der Waals surface area contributed by atoms with Crippen LogP contribution in [-0.4, -0.2) is 49.1 Å². The Morgan fingerprint density at radius 1 is 1.04 bits per heavy atom. The van der Waals surface area contributed by atoms with Gasteiger partial charge in [-0.25, -0.2) is 0 Å². The number of likely N-dealkylation sites (tertiary alicyclic amines) is 1. The summed E-state index contributed by atoms with van der Waals surface area (Å²) >= 11 is 0. The number of unbranched alkanes of at least 4 members (excludes halogenated alkanes) is 3. The van der Waals surface area contributed by atoms with Crippen molar-refractivity contribution >= 4 is 11.8 Å². The first-order valence-electron chi connectivity index (χ1n) is 10.4. The number of carbonyl (C=O) groups excluding carboxylic acids is 2. The number of hydrogen-bond donors (Lipinski definition) is 1. The lowest BCUT2D eigenvalue weighted by molar-refractivity contribution is -0.142. The van der Waals surface area contributed by atoms with E-state index in [1.165, 1.54) is 38.5 Å². The maximum Gasteiger partial charge on any atom is 0.248 e. The highest BCUT2D eigenvalue weighted by molar-refractivity contribution is 5.81. The van der Waals surface area contributed by atoms with Crippen LogP contribution in [0.5, 0.6) is 0 Å². The summed E-state index contributed by atoms with van der Waals surface area (Å²) in [7, 11) is 0. The van der Waals surface area contributed by atoms with Gasteiger partial charge >= 0.3 is 0 Å². The van der Waals surface area contributed by atoms with Gasteiger partial charge in [0.05, 0.1) is 12.0 Å². The fourth-order valence-electron chi connectivity index (χ4n) is 3.84. The zero-order chi connectivity index (χ0) is 17.9. The van der Waals surface area contributed by atoms with Crippen molar-refractivity contribution in [2.75, 3.05) is 26.2 Å². The number of carbonyl (C=O) groups is 2. The molecule has 1 atom stereocenters. The molecule has 5 nitrogen and oxygen atoms in total. The van der Waals surface area contributed by atoms with Crippen LogP contribution in [0, 0.1) is 5.92 Å². The van der Waals surface area contributed by atoms with Gasteiger partial charge in [0.25, 0.3) is 0 Å². The fourth-order valence-corrected chi connectivity index (χ4v) is 3.84. The number of amides is 2. The third-order valence-electron chi connectivity index (χ3n) is 5.47. The molecule has 0 aromatic rings. The third-order valence-corrected chi connectivity index (χ3v) is 5.47. The Bertz CT molecular complexity index is 408. The van der Waals surface area contributed by atoms with Crippen LogP contribution in [-0.2, 0) is 14.3 Å². The second-order valence-electron chi connectivity index (χ2n) is 7.60. The van der Waals surface area contributed by atoms with Crippen molar-refractivity contribution < 1.29 is 14.3 Å². The predicted molar refractivity (Wildman–Crippen MR) is 99.3 cm³/mol. The quantitative estimate of drug-likeness (QED) is 0.648. The summed E-state index contributed by atoms with van der Waals surface area (Å²) in [6, 6.07) is 0. The molecule has 1 saturated carbocycles. The maximum atomic E-state index is 12.4. The van der Waals surface area contributed by atoms with Gasteiger partial charge in [0.2, 0.25) is 11.8 Å². The lowest BCUT2D eigenvalue weighted by Crippen LogP contribution is -2.47. The summed E-state index contributed by atoms with van der Waals surface area (Å²) in [6.45, 7) is 4.43. The number of ether oxygens (including phenoxy) is 1. The summed E-state index contributed by atoms with van der Waals surface area (Å²) in [5.41, 5.74) is 0. The van der Waals surface area contributed by atoms with Gasteiger partial charge in [-0.3, -0.25) is 9.59 Å². The molecule has 1 saturated heterocycles. The van der Waals surface area contributed by atoms with E-state index in [9.17, 15) is 9.59 Å². The van der Waals surface area contributed by atoms with E-state index in [-0.39, 0.29) is 30.4 Å². The number of rotatable bonds is 9. The molecule has 5 heteroatoms. The van der Waals surface area contributed by atoms with Gasteiger partial charge in [0, 0.05) is 19.6 Å². The van der Waals surface area contributed by atoms with Gasteiger partial charge in [-0.1, -0.05) is 45.4 Å². The molecular weight excluding hydrogens is 316 g/mol. The first-order valence-corrected chi connectivity index (χ1v) is 10.4. The minimum Gasteiger partial charge on any atom is -0.368 e. The van der Waals surface area contributed by atoms with Crippen LogP contribution >= 0.6 is 0 Å². The summed E-state index contributed by atoms with van der Waals surface area (Å²) in [5, 5.41) is 3.05. The van der Waals surface area contributed by atoms with Crippen LogP contribution in [0.15, 0.2) is 0 Å². The predicted octanol–water partition coefficient (Wildman–Crippen LogP) is 3.27. The van der Waals surface area contributed by atoms with Gasteiger partial charge in [0.1, 0.15) is 6.61 Å². The number of nitrogens with zero attached hydrogens (tertiary/aromatic N) is 1. The van der Waals surface area contributed by atoms with Crippen LogP contribution < -0.4 is 5.32 Å². The molecular formula is C20H36N2O3. The number of piperidine rings is 1. The maximum absolute atomic E-state index is 12.4. The minimum atomic E-state index is -0.0569.